The van der Waals surface area contributed by atoms with Crippen LogP contribution in [0.25, 0.3) is 0 Å². The summed E-state index contributed by atoms with van der Waals surface area (Å²) >= 11 is 5.04. The van der Waals surface area contributed by atoms with Crippen LogP contribution >= 0.6 is 27.3 Å². The molecule has 0 spiro atoms. The lowest BCUT2D eigenvalue weighted by molar-refractivity contribution is 0.237. The first kappa shape index (κ1) is 14.1. The Balaban J connectivity index is 1.83. The third-order valence-corrected chi connectivity index (χ3v) is 4.60. The number of carbonyl (C=O) groups excluding carboxylic acids is 1. The van der Waals surface area contributed by atoms with Gasteiger partial charge in [-0.15, -0.1) is 11.3 Å². The highest BCUT2D eigenvalue weighted by Crippen LogP contribution is 2.22. The minimum absolute atomic E-state index is 0.0690. The lowest BCUT2D eigenvalue weighted by Gasteiger charge is -2.12. The van der Waals surface area contributed by atoms with Crippen molar-refractivity contribution in [1.29, 1.82) is 0 Å². The van der Waals surface area contributed by atoms with Gasteiger partial charge in [-0.25, -0.2) is 4.79 Å². The topological polar surface area (TPSA) is 59.0 Å². The summed E-state index contributed by atoms with van der Waals surface area (Å²) in [5, 5.41) is 11.8. The lowest BCUT2D eigenvalue weighted by atomic mass is 10.2. The number of hydrogen-bond donors (Lipinski definition) is 2. The van der Waals surface area contributed by atoms with Gasteiger partial charge in [0, 0.05) is 28.2 Å². The van der Waals surface area contributed by atoms with Crippen molar-refractivity contribution in [1.82, 2.24) is 20.4 Å². The van der Waals surface area contributed by atoms with Gasteiger partial charge in [0.2, 0.25) is 0 Å². The molecule has 0 aliphatic carbocycles. The average molecular weight is 343 g/mol. The second kappa shape index (κ2) is 6.21. The molecule has 2 aromatic rings. The number of aromatic nitrogens is 2. The van der Waals surface area contributed by atoms with Crippen LogP contribution in [0.3, 0.4) is 0 Å². The van der Waals surface area contributed by atoms with Crippen LogP contribution in [0.2, 0.25) is 0 Å². The largest absolute Gasteiger partial charge is 0.333 e. The first-order chi connectivity index (χ1) is 9.06. The molecule has 2 N–H and O–H groups in total. The number of aryl methyl sites for hydroxylation is 1. The Morgan fingerprint density at radius 3 is 3.00 bits per heavy atom. The van der Waals surface area contributed by atoms with Gasteiger partial charge < -0.3 is 10.6 Å². The third-order valence-electron chi connectivity index (χ3n) is 2.67. The minimum Gasteiger partial charge on any atom is -0.333 e. The van der Waals surface area contributed by atoms with E-state index in [2.05, 4.69) is 31.7 Å². The van der Waals surface area contributed by atoms with E-state index in [1.807, 2.05) is 31.6 Å². The van der Waals surface area contributed by atoms with Gasteiger partial charge in [0.05, 0.1) is 18.8 Å². The van der Waals surface area contributed by atoms with Gasteiger partial charge >= 0.3 is 6.03 Å². The van der Waals surface area contributed by atoms with Crippen LogP contribution in [-0.4, -0.2) is 15.8 Å². The fraction of sp³-hybridized carbons (Fsp3) is 0.333. The molecule has 0 aromatic carbocycles. The maximum Gasteiger partial charge on any atom is 0.315 e. The van der Waals surface area contributed by atoms with Crippen molar-refractivity contribution in [3.05, 3.63) is 38.8 Å². The van der Waals surface area contributed by atoms with Crippen LogP contribution in [0.5, 0.6) is 0 Å². The summed E-state index contributed by atoms with van der Waals surface area (Å²) in [5.41, 5.74) is 0.981. The molecule has 2 heterocycles. The van der Waals surface area contributed by atoms with Crippen molar-refractivity contribution in [2.45, 2.75) is 19.5 Å². The second-order valence-electron chi connectivity index (χ2n) is 4.19. The first-order valence-electron chi connectivity index (χ1n) is 5.81. The quantitative estimate of drug-likeness (QED) is 0.897. The monoisotopic (exact) mass is 342 g/mol. The molecule has 0 aliphatic rings. The molecule has 2 amide bonds. The summed E-state index contributed by atoms with van der Waals surface area (Å²) in [6.07, 6.45) is 3.64. The molecule has 19 heavy (non-hydrogen) atoms. The number of hydrogen-bond acceptors (Lipinski definition) is 3. The maximum absolute atomic E-state index is 11.8. The fourth-order valence-electron chi connectivity index (χ4n) is 1.61. The second-order valence-corrected chi connectivity index (χ2v) is 6.04. The Morgan fingerprint density at radius 2 is 2.42 bits per heavy atom. The maximum atomic E-state index is 11.8. The molecule has 2 aromatic heterocycles. The number of rotatable bonds is 4. The summed E-state index contributed by atoms with van der Waals surface area (Å²) < 4.78 is 2.74. The molecule has 2 rings (SSSR count). The summed E-state index contributed by atoms with van der Waals surface area (Å²) in [7, 11) is 1.85. The van der Waals surface area contributed by atoms with Gasteiger partial charge in [-0.2, -0.15) is 5.10 Å². The number of thiophene rings is 1. The van der Waals surface area contributed by atoms with E-state index in [0.717, 1.165) is 14.9 Å². The summed E-state index contributed by atoms with van der Waals surface area (Å²) in [6, 6.07) is 1.72. The summed E-state index contributed by atoms with van der Waals surface area (Å²) in [4.78, 5) is 12.9. The van der Waals surface area contributed by atoms with Crippen LogP contribution in [0.1, 0.15) is 23.4 Å². The van der Waals surface area contributed by atoms with Gasteiger partial charge in [-0.3, -0.25) is 4.68 Å². The van der Waals surface area contributed by atoms with E-state index < -0.39 is 0 Å². The Bertz CT molecular complexity index is 566. The molecule has 0 unspecified atom stereocenters. The first-order valence-corrected chi connectivity index (χ1v) is 7.48. The number of nitrogens with zero attached hydrogens (tertiary/aromatic N) is 2. The zero-order valence-corrected chi connectivity index (χ0v) is 13.1. The highest BCUT2D eigenvalue weighted by atomic mass is 79.9. The van der Waals surface area contributed by atoms with Gasteiger partial charge in [-0.05, 0) is 34.3 Å². The minimum atomic E-state index is -0.184. The SMILES string of the molecule is C[C@@H](NC(=O)NCc1sccc1Br)c1cnn(C)c1. The molecule has 1 atom stereocenters. The molecule has 5 nitrogen and oxygen atoms in total. The Labute approximate surface area is 124 Å². The molecule has 0 radical (unpaired) electrons. The Hall–Kier alpha value is -1.34. The van der Waals surface area contributed by atoms with E-state index in [0.29, 0.717) is 6.54 Å². The van der Waals surface area contributed by atoms with E-state index in [1.54, 1.807) is 22.2 Å². The Kier molecular flexibility index (Phi) is 4.60. The highest BCUT2D eigenvalue weighted by Gasteiger charge is 2.11. The third kappa shape index (κ3) is 3.81. The van der Waals surface area contributed by atoms with Crippen molar-refractivity contribution in [3.63, 3.8) is 0 Å². The van der Waals surface area contributed by atoms with Crippen molar-refractivity contribution >= 4 is 33.3 Å². The van der Waals surface area contributed by atoms with Gasteiger partial charge in [0.25, 0.3) is 0 Å². The molecule has 102 valence electrons. The van der Waals surface area contributed by atoms with E-state index >= 15 is 0 Å². The highest BCUT2D eigenvalue weighted by molar-refractivity contribution is 9.10. The smallest absolute Gasteiger partial charge is 0.315 e. The predicted octanol–water partition coefficient (Wildman–Crippen LogP) is 2.80. The number of nitrogens with one attached hydrogen (secondary N) is 2. The molecule has 0 aliphatic heterocycles. The molecule has 0 saturated carbocycles. The van der Waals surface area contributed by atoms with Crippen molar-refractivity contribution in [2.24, 2.45) is 7.05 Å². The zero-order chi connectivity index (χ0) is 13.8. The van der Waals surface area contributed by atoms with Gasteiger partial charge in [0.1, 0.15) is 0 Å². The molecule has 0 saturated heterocycles. The van der Waals surface area contributed by atoms with Crippen LogP contribution in [0.15, 0.2) is 28.3 Å². The van der Waals surface area contributed by atoms with Crippen LogP contribution < -0.4 is 10.6 Å². The van der Waals surface area contributed by atoms with Crippen molar-refractivity contribution in [2.75, 3.05) is 0 Å². The lowest BCUT2D eigenvalue weighted by Crippen LogP contribution is -2.36. The fourth-order valence-corrected chi connectivity index (χ4v) is 3.04. The molecular formula is C12H15BrN4OS. The van der Waals surface area contributed by atoms with Crippen LogP contribution in [0.4, 0.5) is 4.79 Å². The van der Waals surface area contributed by atoms with Crippen LogP contribution in [-0.2, 0) is 13.6 Å². The molecular weight excluding hydrogens is 328 g/mol. The number of amides is 2. The van der Waals surface area contributed by atoms with E-state index in [-0.39, 0.29) is 12.1 Å². The summed E-state index contributed by atoms with van der Waals surface area (Å²) in [5.74, 6) is 0. The van der Waals surface area contributed by atoms with Gasteiger partial charge in [-0.1, -0.05) is 0 Å². The predicted molar refractivity (Wildman–Crippen MR) is 79.0 cm³/mol. The normalized spacial score (nSPS) is 12.2. The zero-order valence-electron chi connectivity index (χ0n) is 10.7. The number of urea groups is 1. The van der Waals surface area contributed by atoms with E-state index in [1.165, 1.54) is 0 Å². The van der Waals surface area contributed by atoms with Crippen LogP contribution in [0, 0.1) is 0 Å². The number of halogens is 1. The summed E-state index contributed by atoms with van der Waals surface area (Å²) in [6.45, 7) is 2.45. The average Bonchev–Trinajstić information content (AvgIpc) is 2.95. The number of carbonyl (C=O) groups is 1. The molecule has 0 fully saturated rings. The molecule has 0 bridgehead atoms. The Morgan fingerprint density at radius 1 is 1.63 bits per heavy atom. The van der Waals surface area contributed by atoms with E-state index in [9.17, 15) is 4.79 Å². The van der Waals surface area contributed by atoms with Crippen molar-refractivity contribution < 1.29 is 4.79 Å². The molecule has 7 heteroatoms. The standard InChI is InChI=1S/C12H15BrN4OS/c1-8(9-5-15-17(2)7-9)16-12(18)14-6-11-10(13)3-4-19-11/h3-5,7-8H,6H2,1-2H3,(H2,14,16,18)/t8-/m1/s1. The van der Waals surface area contributed by atoms with Gasteiger partial charge in [0.15, 0.2) is 0 Å². The van der Waals surface area contributed by atoms with Crippen molar-refractivity contribution in [3.8, 4) is 0 Å². The van der Waals surface area contributed by atoms with E-state index in [4.69, 9.17) is 0 Å².